The molecule has 3 heteroatoms. The van der Waals surface area contributed by atoms with E-state index in [0.717, 1.165) is 25.7 Å². The topological polar surface area (TPSA) is 46.5 Å². The molecule has 134 valence electrons. The molecule has 0 spiro atoms. The molecule has 0 amide bonds. The molecular formula is C21H32O3. The fraction of sp³-hybridized carbons (Fsp3) is 0.476. The van der Waals surface area contributed by atoms with Crippen LogP contribution in [0.15, 0.2) is 58.7 Å². The van der Waals surface area contributed by atoms with Crippen molar-refractivity contribution in [3.63, 3.8) is 0 Å². The largest absolute Gasteiger partial charge is 0.478 e. The van der Waals surface area contributed by atoms with Crippen molar-refractivity contribution >= 4 is 5.97 Å². The second-order valence-corrected chi connectivity index (χ2v) is 6.25. The molecule has 0 aliphatic rings. The fourth-order valence-electron chi connectivity index (χ4n) is 2.16. The number of hydrogen-bond acceptors (Lipinski definition) is 2. The average molecular weight is 332 g/mol. The van der Waals surface area contributed by atoms with E-state index in [2.05, 4.69) is 32.9 Å². The Bertz CT molecular complexity index is 527. The van der Waals surface area contributed by atoms with E-state index in [4.69, 9.17) is 9.84 Å². The maximum absolute atomic E-state index is 10.6. The van der Waals surface area contributed by atoms with Gasteiger partial charge in [0.25, 0.3) is 0 Å². The van der Waals surface area contributed by atoms with Crippen molar-refractivity contribution in [3.05, 3.63) is 58.7 Å². The summed E-state index contributed by atoms with van der Waals surface area (Å²) in [6.07, 6.45) is 15.6. The van der Waals surface area contributed by atoms with Gasteiger partial charge in [0.1, 0.15) is 0 Å². The first-order valence-corrected chi connectivity index (χ1v) is 8.40. The number of allylic oxidation sites excluding steroid dienone is 8. The van der Waals surface area contributed by atoms with Crippen LogP contribution in [0.1, 0.15) is 53.4 Å². The zero-order valence-electron chi connectivity index (χ0n) is 15.8. The fourth-order valence-corrected chi connectivity index (χ4v) is 2.16. The quantitative estimate of drug-likeness (QED) is 0.303. The summed E-state index contributed by atoms with van der Waals surface area (Å²) in [7, 11) is 1.69. The Morgan fingerprint density at radius 3 is 2.29 bits per heavy atom. The van der Waals surface area contributed by atoms with E-state index in [1.807, 2.05) is 12.2 Å². The van der Waals surface area contributed by atoms with Crippen molar-refractivity contribution in [1.29, 1.82) is 0 Å². The lowest BCUT2D eigenvalue weighted by Crippen LogP contribution is -1.94. The Morgan fingerprint density at radius 1 is 1.04 bits per heavy atom. The molecule has 0 unspecified atom stereocenters. The second kappa shape index (κ2) is 13.6. The molecule has 0 aliphatic heterocycles. The highest BCUT2D eigenvalue weighted by Gasteiger charge is 1.96. The lowest BCUT2D eigenvalue weighted by molar-refractivity contribution is -0.131. The van der Waals surface area contributed by atoms with E-state index in [1.165, 1.54) is 22.8 Å². The Hall–Kier alpha value is -1.87. The third kappa shape index (κ3) is 13.8. The van der Waals surface area contributed by atoms with Gasteiger partial charge in [-0.15, -0.1) is 0 Å². The standard InChI is InChI=1S/C21H32O3/c1-17(2)9-6-10-18(3)11-7-13-20(16-24-5)14-8-12-19(4)15-21(22)23/h8-9,11-12,14-15H,6-7,10,13,16H2,1-5H3,(H,22,23)/b12-8+,18-11+,19-15+,20-14-. The summed E-state index contributed by atoms with van der Waals surface area (Å²) < 4.78 is 5.24. The minimum Gasteiger partial charge on any atom is -0.478 e. The Morgan fingerprint density at radius 2 is 1.71 bits per heavy atom. The molecule has 1 N–H and O–H groups in total. The highest BCUT2D eigenvalue weighted by Crippen LogP contribution is 2.12. The van der Waals surface area contributed by atoms with Gasteiger partial charge in [-0.25, -0.2) is 4.79 Å². The van der Waals surface area contributed by atoms with Crippen LogP contribution in [0.5, 0.6) is 0 Å². The van der Waals surface area contributed by atoms with Gasteiger partial charge in [0.05, 0.1) is 6.61 Å². The van der Waals surface area contributed by atoms with Crippen LogP contribution in [0.2, 0.25) is 0 Å². The van der Waals surface area contributed by atoms with E-state index in [1.54, 1.807) is 20.1 Å². The molecule has 0 atom stereocenters. The highest BCUT2D eigenvalue weighted by molar-refractivity contribution is 5.81. The Kier molecular flexibility index (Phi) is 12.5. The van der Waals surface area contributed by atoms with Crippen LogP contribution in [-0.2, 0) is 9.53 Å². The summed E-state index contributed by atoms with van der Waals surface area (Å²) in [6, 6.07) is 0. The number of carbonyl (C=O) groups is 1. The molecule has 0 fully saturated rings. The number of ether oxygens (including phenoxy) is 1. The molecule has 0 aromatic carbocycles. The first-order valence-electron chi connectivity index (χ1n) is 8.40. The molecule has 0 saturated carbocycles. The van der Waals surface area contributed by atoms with Gasteiger partial charge < -0.3 is 9.84 Å². The van der Waals surface area contributed by atoms with Gasteiger partial charge in [-0.05, 0) is 64.5 Å². The lowest BCUT2D eigenvalue weighted by atomic mass is 10.1. The van der Waals surface area contributed by atoms with Gasteiger partial charge in [0.15, 0.2) is 0 Å². The number of rotatable bonds is 11. The number of methoxy groups -OCH3 is 1. The number of carboxylic acids is 1. The van der Waals surface area contributed by atoms with Crippen molar-refractivity contribution < 1.29 is 14.6 Å². The van der Waals surface area contributed by atoms with E-state index in [9.17, 15) is 4.79 Å². The first-order chi connectivity index (χ1) is 11.3. The van der Waals surface area contributed by atoms with Crippen LogP contribution in [0, 0.1) is 0 Å². The predicted molar refractivity (Wildman–Crippen MR) is 102 cm³/mol. The van der Waals surface area contributed by atoms with Crippen molar-refractivity contribution in [2.75, 3.05) is 13.7 Å². The van der Waals surface area contributed by atoms with E-state index >= 15 is 0 Å². The molecule has 0 radical (unpaired) electrons. The minimum absolute atomic E-state index is 0.594. The van der Waals surface area contributed by atoms with Crippen LogP contribution in [-0.4, -0.2) is 24.8 Å². The summed E-state index contributed by atoms with van der Waals surface area (Å²) in [4.78, 5) is 10.6. The van der Waals surface area contributed by atoms with Crippen LogP contribution in [0.4, 0.5) is 0 Å². The molecule has 0 aliphatic carbocycles. The summed E-state index contributed by atoms with van der Waals surface area (Å²) in [5.74, 6) is -0.924. The third-order valence-electron chi connectivity index (χ3n) is 3.42. The lowest BCUT2D eigenvalue weighted by Gasteiger charge is -2.05. The third-order valence-corrected chi connectivity index (χ3v) is 3.42. The zero-order valence-corrected chi connectivity index (χ0v) is 15.8. The van der Waals surface area contributed by atoms with Gasteiger partial charge in [-0.2, -0.15) is 0 Å². The minimum atomic E-state index is -0.924. The molecule has 0 saturated heterocycles. The zero-order chi connectivity index (χ0) is 18.4. The van der Waals surface area contributed by atoms with Gasteiger partial charge >= 0.3 is 5.97 Å². The number of aliphatic carboxylic acids is 1. The maximum atomic E-state index is 10.6. The molecule has 0 aromatic rings. The van der Waals surface area contributed by atoms with Crippen molar-refractivity contribution in [3.8, 4) is 0 Å². The molecule has 0 bridgehead atoms. The van der Waals surface area contributed by atoms with Crippen molar-refractivity contribution in [1.82, 2.24) is 0 Å². The summed E-state index contributed by atoms with van der Waals surface area (Å²) >= 11 is 0. The molecule has 0 rings (SSSR count). The van der Waals surface area contributed by atoms with Crippen molar-refractivity contribution in [2.45, 2.75) is 53.4 Å². The molecule has 3 nitrogen and oxygen atoms in total. The van der Waals surface area contributed by atoms with Crippen LogP contribution in [0.25, 0.3) is 0 Å². The summed E-state index contributed by atoms with van der Waals surface area (Å²) in [5, 5.41) is 8.68. The van der Waals surface area contributed by atoms with E-state index < -0.39 is 5.97 Å². The molecule has 24 heavy (non-hydrogen) atoms. The van der Waals surface area contributed by atoms with Gasteiger partial charge in [-0.3, -0.25) is 0 Å². The van der Waals surface area contributed by atoms with Crippen LogP contribution < -0.4 is 0 Å². The maximum Gasteiger partial charge on any atom is 0.328 e. The van der Waals surface area contributed by atoms with Gasteiger partial charge in [0, 0.05) is 13.2 Å². The van der Waals surface area contributed by atoms with Crippen LogP contribution >= 0.6 is 0 Å². The van der Waals surface area contributed by atoms with E-state index in [-0.39, 0.29) is 0 Å². The monoisotopic (exact) mass is 332 g/mol. The Balaban J connectivity index is 4.52. The summed E-state index contributed by atoms with van der Waals surface area (Å²) in [6.45, 7) is 8.80. The molecule has 0 aromatic heterocycles. The van der Waals surface area contributed by atoms with Gasteiger partial charge in [-0.1, -0.05) is 41.5 Å². The smallest absolute Gasteiger partial charge is 0.328 e. The van der Waals surface area contributed by atoms with Gasteiger partial charge in [0.2, 0.25) is 0 Å². The predicted octanol–water partition coefficient (Wildman–Crippen LogP) is 5.62. The normalized spacial score (nSPS) is 13.5. The second-order valence-electron chi connectivity index (χ2n) is 6.25. The summed E-state index contributed by atoms with van der Waals surface area (Å²) in [5.41, 5.74) is 4.70. The highest BCUT2D eigenvalue weighted by atomic mass is 16.5. The molecule has 0 heterocycles. The SMILES string of the molecule is COC\C(=C/C=C/C(C)=C/C(=O)O)CC/C=C(\C)CCC=C(C)C. The Labute approximate surface area is 147 Å². The number of carboxylic acid groups (broad SMARTS) is 1. The molecular weight excluding hydrogens is 300 g/mol. The average Bonchev–Trinajstić information content (AvgIpc) is 2.46. The van der Waals surface area contributed by atoms with E-state index in [0.29, 0.717) is 12.2 Å². The van der Waals surface area contributed by atoms with Crippen molar-refractivity contribution in [2.24, 2.45) is 0 Å². The first kappa shape index (κ1) is 22.1. The van der Waals surface area contributed by atoms with Crippen LogP contribution in [0.3, 0.4) is 0 Å². The number of hydrogen-bond donors (Lipinski definition) is 1.